The van der Waals surface area contributed by atoms with Crippen LogP contribution in [0.5, 0.6) is 0 Å². The van der Waals surface area contributed by atoms with E-state index in [-0.39, 0.29) is 5.84 Å². The first-order valence-corrected chi connectivity index (χ1v) is 4.04. The lowest BCUT2D eigenvalue weighted by atomic mass is 10.2. The van der Waals surface area contributed by atoms with E-state index in [9.17, 15) is 0 Å². The van der Waals surface area contributed by atoms with Gasteiger partial charge < -0.3 is 10.9 Å². The van der Waals surface area contributed by atoms with E-state index in [1.165, 1.54) is 6.33 Å². The zero-order valence-corrected chi connectivity index (χ0v) is 7.33. The summed E-state index contributed by atoms with van der Waals surface area (Å²) in [6.07, 6.45) is 3.66. The summed E-state index contributed by atoms with van der Waals surface area (Å²) in [6, 6.07) is 3.69. The summed E-state index contributed by atoms with van der Waals surface area (Å²) < 4.78 is 1.64. The highest BCUT2D eigenvalue weighted by Crippen LogP contribution is 2.03. The van der Waals surface area contributed by atoms with Gasteiger partial charge in [0.2, 0.25) is 0 Å². The van der Waals surface area contributed by atoms with Crippen LogP contribution >= 0.6 is 0 Å². The third-order valence-electron chi connectivity index (χ3n) is 1.85. The van der Waals surface area contributed by atoms with Crippen molar-refractivity contribution in [2.24, 2.45) is 10.9 Å². The number of oxime groups is 1. The van der Waals surface area contributed by atoms with Gasteiger partial charge >= 0.3 is 0 Å². The van der Waals surface area contributed by atoms with Crippen molar-refractivity contribution < 1.29 is 5.21 Å². The minimum absolute atomic E-state index is 0.171. The Hall–Kier alpha value is -2.11. The predicted molar refractivity (Wildman–Crippen MR) is 50.1 cm³/mol. The second kappa shape index (κ2) is 3.33. The maximum absolute atomic E-state index is 8.40. The molecule has 2 rings (SSSR count). The molecule has 0 saturated carbocycles. The van der Waals surface area contributed by atoms with Gasteiger partial charge in [0.15, 0.2) is 5.65 Å². The lowest BCUT2D eigenvalue weighted by Gasteiger charge is -1.99. The summed E-state index contributed by atoms with van der Waals surface area (Å²) in [6.45, 7) is 0. The van der Waals surface area contributed by atoms with Gasteiger partial charge in [0, 0.05) is 12.6 Å². The Morgan fingerprint density at radius 2 is 2.43 bits per heavy atom. The molecule has 0 fully saturated rings. The fourth-order valence-electron chi connectivity index (χ4n) is 1.21. The Labute approximate surface area is 79.7 Å². The zero-order valence-electron chi connectivity index (χ0n) is 7.33. The van der Waals surface area contributed by atoms with Gasteiger partial charge in [0.1, 0.15) is 12.2 Å². The van der Waals surface area contributed by atoms with Crippen molar-refractivity contribution in [2.45, 2.75) is 6.42 Å². The Bertz CT molecular complexity index is 475. The molecule has 0 saturated heterocycles. The summed E-state index contributed by atoms with van der Waals surface area (Å²) in [5.41, 5.74) is 7.07. The zero-order chi connectivity index (χ0) is 9.97. The van der Waals surface area contributed by atoms with Gasteiger partial charge in [-0.15, -0.1) is 0 Å². The first kappa shape index (κ1) is 8.49. The molecule has 0 bridgehead atoms. The van der Waals surface area contributed by atoms with Crippen molar-refractivity contribution in [1.29, 1.82) is 0 Å². The predicted octanol–water partition coefficient (Wildman–Crippen LogP) is 0.0182. The van der Waals surface area contributed by atoms with Crippen molar-refractivity contribution >= 4 is 11.5 Å². The third kappa shape index (κ3) is 1.49. The Kier molecular flexibility index (Phi) is 2.02. The molecule has 14 heavy (non-hydrogen) atoms. The third-order valence-corrected chi connectivity index (χ3v) is 1.85. The van der Waals surface area contributed by atoms with E-state index in [4.69, 9.17) is 10.9 Å². The summed E-state index contributed by atoms with van der Waals surface area (Å²) >= 11 is 0. The number of aromatic nitrogens is 3. The van der Waals surface area contributed by atoms with E-state index in [0.29, 0.717) is 6.42 Å². The highest BCUT2D eigenvalue weighted by Gasteiger charge is 2.00. The largest absolute Gasteiger partial charge is 0.409 e. The van der Waals surface area contributed by atoms with Crippen molar-refractivity contribution in [2.75, 3.05) is 0 Å². The van der Waals surface area contributed by atoms with Gasteiger partial charge in [-0.3, -0.25) is 0 Å². The number of hydrogen-bond donors (Lipinski definition) is 2. The molecule has 0 aliphatic heterocycles. The molecule has 0 aromatic carbocycles. The van der Waals surface area contributed by atoms with E-state index in [0.717, 1.165) is 11.2 Å². The lowest BCUT2D eigenvalue weighted by Crippen LogP contribution is -2.14. The van der Waals surface area contributed by atoms with Crippen LogP contribution in [0.3, 0.4) is 0 Å². The minimum Gasteiger partial charge on any atom is -0.409 e. The second-order valence-corrected chi connectivity index (χ2v) is 2.87. The monoisotopic (exact) mass is 191 g/mol. The SMILES string of the molecule is N/C(Cc1ccc2ncnn2c1)=N\O. The van der Waals surface area contributed by atoms with Gasteiger partial charge in [-0.25, -0.2) is 9.50 Å². The van der Waals surface area contributed by atoms with Crippen LogP contribution in [0.4, 0.5) is 0 Å². The van der Waals surface area contributed by atoms with Crippen molar-refractivity contribution in [3.63, 3.8) is 0 Å². The van der Waals surface area contributed by atoms with Crippen LogP contribution in [0.2, 0.25) is 0 Å². The van der Waals surface area contributed by atoms with E-state index in [1.54, 1.807) is 10.7 Å². The summed E-state index contributed by atoms with van der Waals surface area (Å²) in [5.74, 6) is 0.171. The van der Waals surface area contributed by atoms with Gasteiger partial charge in [-0.1, -0.05) is 11.2 Å². The number of rotatable bonds is 2. The molecular weight excluding hydrogens is 182 g/mol. The van der Waals surface area contributed by atoms with E-state index in [1.807, 2.05) is 12.1 Å². The van der Waals surface area contributed by atoms with Crippen molar-refractivity contribution in [3.8, 4) is 0 Å². The van der Waals surface area contributed by atoms with E-state index < -0.39 is 0 Å². The molecule has 0 unspecified atom stereocenters. The molecule has 0 atom stereocenters. The van der Waals surface area contributed by atoms with Crippen LogP contribution in [-0.4, -0.2) is 25.6 Å². The van der Waals surface area contributed by atoms with Crippen LogP contribution in [-0.2, 0) is 6.42 Å². The molecule has 2 heterocycles. The molecule has 0 aliphatic carbocycles. The first-order valence-electron chi connectivity index (χ1n) is 4.04. The molecule has 2 aromatic heterocycles. The molecule has 6 nitrogen and oxygen atoms in total. The summed E-state index contributed by atoms with van der Waals surface area (Å²) in [5, 5.41) is 15.3. The van der Waals surface area contributed by atoms with E-state index >= 15 is 0 Å². The average molecular weight is 191 g/mol. The Morgan fingerprint density at radius 1 is 1.57 bits per heavy atom. The lowest BCUT2D eigenvalue weighted by molar-refractivity contribution is 0.317. The highest BCUT2D eigenvalue weighted by atomic mass is 16.4. The van der Waals surface area contributed by atoms with Crippen LogP contribution in [0, 0.1) is 0 Å². The number of pyridine rings is 1. The first-order chi connectivity index (χ1) is 6.79. The molecular formula is C8H9N5O. The standard InChI is InChI=1S/C8H9N5O/c9-7(12-14)3-6-1-2-8-10-5-11-13(8)4-6/h1-2,4-5,14H,3H2,(H2,9,12). The van der Waals surface area contributed by atoms with Crippen molar-refractivity contribution in [1.82, 2.24) is 14.6 Å². The smallest absolute Gasteiger partial charge is 0.155 e. The fourth-order valence-corrected chi connectivity index (χ4v) is 1.21. The van der Waals surface area contributed by atoms with Crippen LogP contribution in [0.15, 0.2) is 29.8 Å². The van der Waals surface area contributed by atoms with Crippen LogP contribution in [0.1, 0.15) is 5.56 Å². The van der Waals surface area contributed by atoms with Gasteiger partial charge in [-0.05, 0) is 11.6 Å². The highest BCUT2D eigenvalue weighted by molar-refractivity contribution is 5.81. The van der Waals surface area contributed by atoms with Gasteiger partial charge in [-0.2, -0.15) is 5.10 Å². The summed E-state index contributed by atoms with van der Waals surface area (Å²) in [4.78, 5) is 4.00. The minimum atomic E-state index is 0.171. The topological polar surface area (TPSA) is 88.8 Å². The normalized spacial score (nSPS) is 12.1. The number of hydrogen-bond acceptors (Lipinski definition) is 4. The molecule has 6 heteroatoms. The number of nitrogens with zero attached hydrogens (tertiary/aromatic N) is 4. The Morgan fingerprint density at radius 3 is 3.21 bits per heavy atom. The number of amidine groups is 1. The quantitative estimate of drug-likeness (QED) is 0.303. The molecule has 3 N–H and O–H groups in total. The number of fused-ring (bicyclic) bond motifs is 1. The maximum Gasteiger partial charge on any atom is 0.155 e. The molecule has 0 aliphatic rings. The summed E-state index contributed by atoms with van der Waals surface area (Å²) in [7, 11) is 0. The molecule has 2 aromatic rings. The van der Waals surface area contributed by atoms with Gasteiger partial charge in [0.05, 0.1) is 0 Å². The number of nitrogens with two attached hydrogens (primary N) is 1. The average Bonchev–Trinajstić information content (AvgIpc) is 2.64. The molecule has 0 amide bonds. The second-order valence-electron chi connectivity index (χ2n) is 2.87. The molecule has 0 spiro atoms. The van der Waals surface area contributed by atoms with Gasteiger partial charge in [0.25, 0.3) is 0 Å². The molecule has 0 radical (unpaired) electrons. The maximum atomic E-state index is 8.40. The van der Waals surface area contributed by atoms with E-state index in [2.05, 4.69) is 15.2 Å². The van der Waals surface area contributed by atoms with Crippen molar-refractivity contribution in [3.05, 3.63) is 30.2 Å². The fraction of sp³-hybridized carbons (Fsp3) is 0.125. The Balaban J connectivity index is 2.34. The molecule has 72 valence electrons. The van der Waals surface area contributed by atoms with Crippen LogP contribution in [0.25, 0.3) is 5.65 Å². The van der Waals surface area contributed by atoms with Crippen LogP contribution < -0.4 is 5.73 Å².